The zero-order chi connectivity index (χ0) is 15.8. The van der Waals surface area contributed by atoms with Crippen molar-refractivity contribution < 1.29 is 4.39 Å². The molecule has 2 rings (SSSR count). The van der Waals surface area contributed by atoms with E-state index in [1.807, 2.05) is 35.2 Å². The molecular formula is C17H16FN3S. The molecule has 3 nitrogen and oxygen atoms in total. The SMILES string of the molecule is N#CCCN(Cc1ccccc1)C(=S)Nc1ccc(F)cc1. The van der Waals surface area contributed by atoms with Gasteiger partial charge in [0, 0.05) is 18.8 Å². The standard InChI is InChI=1S/C17H16FN3S/c18-15-7-9-16(10-8-15)20-17(22)21(12-4-11-19)13-14-5-2-1-3-6-14/h1-3,5-10H,4,12-13H2,(H,20,22). The molecule has 5 heteroatoms. The number of hydrogen-bond acceptors (Lipinski definition) is 2. The molecule has 0 spiro atoms. The largest absolute Gasteiger partial charge is 0.344 e. The number of halogens is 1. The van der Waals surface area contributed by atoms with Crippen molar-refractivity contribution in [1.29, 1.82) is 5.26 Å². The summed E-state index contributed by atoms with van der Waals surface area (Å²) >= 11 is 5.41. The lowest BCUT2D eigenvalue weighted by Gasteiger charge is -2.25. The average Bonchev–Trinajstić information content (AvgIpc) is 2.54. The number of nitrogens with zero attached hydrogens (tertiary/aromatic N) is 2. The second-order valence-electron chi connectivity index (χ2n) is 4.75. The molecule has 0 aliphatic carbocycles. The number of hydrogen-bond donors (Lipinski definition) is 1. The normalized spacial score (nSPS) is 9.82. The van der Waals surface area contributed by atoms with Gasteiger partial charge in [0.25, 0.3) is 0 Å². The van der Waals surface area contributed by atoms with Crippen LogP contribution in [0.25, 0.3) is 0 Å². The minimum absolute atomic E-state index is 0.290. The molecule has 112 valence electrons. The minimum atomic E-state index is -0.290. The van der Waals surface area contributed by atoms with Gasteiger partial charge in [-0.15, -0.1) is 0 Å². The Balaban J connectivity index is 2.05. The maximum atomic E-state index is 12.9. The first-order valence-electron chi connectivity index (χ1n) is 6.91. The van der Waals surface area contributed by atoms with E-state index in [0.29, 0.717) is 24.6 Å². The van der Waals surface area contributed by atoms with Crippen molar-refractivity contribution in [3.63, 3.8) is 0 Å². The van der Waals surface area contributed by atoms with Crippen molar-refractivity contribution in [1.82, 2.24) is 4.90 Å². The molecule has 0 heterocycles. The summed E-state index contributed by atoms with van der Waals surface area (Å²) in [5.74, 6) is -0.290. The topological polar surface area (TPSA) is 39.1 Å². The predicted molar refractivity (Wildman–Crippen MR) is 89.7 cm³/mol. The minimum Gasteiger partial charge on any atom is -0.344 e. The molecule has 0 bridgehead atoms. The van der Waals surface area contributed by atoms with E-state index in [0.717, 1.165) is 11.3 Å². The van der Waals surface area contributed by atoms with Gasteiger partial charge in [0.2, 0.25) is 0 Å². The van der Waals surface area contributed by atoms with Gasteiger partial charge in [-0.25, -0.2) is 4.39 Å². The Bertz CT molecular complexity index is 650. The van der Waals surface area contributed by atoms with Gasteiger partial charge < -0.3 is 10.2 Å². The number of thiocarbonyl (C=S) groups is 1. The lowest BCUT2D eigenvalue weighted by atomic mass is 10.2. The highest BCUT2D eigenvalue weighted by molar-refractivity contribution is 7.80. The second-order valence-corrected chi connectivity index (χ2v) is 5.14. The Kier molecular flexibility index (Phi) is 5.87. The molecule has 0 saturated carbocycles. The molecule has 0 aliphatic heterocycles. The highest BCUT2D eigenvalue weighted by Gasteiger charge is 2.10. The van der Waals surface area contributed by atoms with Crippen molar-refractivity contribution in [2.45, 2.75) is 13.0 Å². The van der Waals surface area contributed by atoms with Crippen LogP contribution in [0.4, 0.5) is 10.1 Å². The number of anilines is 1. The lowest BCUT2D eigenvalue weighted by molar-refractivity contribution is 0.428. The van der Waals surface area contributed by atoms with E-state index in [1.165, 1.54) is 12.1 Å². The molecular weight excluding hydrogens is 297 g/mol. The van der Waals surface area contributed by atoms with Crippen LogP contribution in [-0.4, -0.2) is 16.6 Å². The van der Waals surface area contributed by atoms with Gasteiger partial charge in [-0.3, -0.25) is 0 Å². The predicted octanol–water partition coefficient (Wildman–Crippen LogP) is 3.94. The summed E-state index contributed by atoms with van der Waals surface area (Å²) in [7, 11) is 0. The highest BCUT2D eigenvalue weighted by atomic mass is 32.1. The summed E-state index contributed by atoms with van der Waals surface area (Å²) in [5.41, 5.74) is 1.84. The summed E-state index contributed by atoms with van der Waals surface area (Å²) < 4.78 is 12.9. The first kappa shape index (κ1) is 15.9. The molecule has 0 aromatic heterocycles. The molecule has 0 radical (unpaired) electrons. The van der Waals surface area contributed by atoms with Crippen LogP contribution in [-0.2, 0) is 6.54 Å². The third kappa shape index (κ3) is 4.83. The summed E-state index contributed by atoms with van der Waals surface area (Å²) in [6, 6.07) is 18.1. The van der Waals surface area contributed by atoms with Crippen molar-refractivity contribution in [2.24, 2.45) is 0 Å². The number of nitrogens with one attached hydrogen (secondary N) is 1. The maximum absolute atomic E-state index is 12.9. The van der Waals surface area contributed by atoms with Crippen LogP contribution in [0.3, 0.4) is 0 Å². The molecule has 0 fully saturated rings. The Morgan fingerprint density at radius 2 is 1.82 bits per heavy atom. The first-order chi connectivity index (χ1) is 10.7. The quantitative estimate of drug-likeness (QED) is 0.849. The third-order valence-electron chi connectivity index (χ3n) is 3.09. The molecule has 0 amide bonds. The van der Waals surface area contributed by atoms with E-state index in [4.69, 9.17) is 17.5 Å². The van der Waals surface area contributed by atoms with Crippen LogP contribution in [0, 0.1) is 17.1 Å². The molecule has 0 atom stereocenters. The molecule has 2 aromatic carbocycles. The summed E-state index contributed by atoms with van der Waals surface area (Å²) in [6.07, 6.45) is 0.387. The smallest absolute Gasteiger partial charge is 0.173 e. The van der Waals surface area contributed by atoms with Gasteiger partial charge in [0.1, 0.15) is 5.82 Å². The molecule has 22 heavy (non-hydrogen) atoms. The fourth-order valence-corrected chi connectivity index (χ4v) is 2.25. The van der Waals surface area contributed by atoms with Crippen LogP contribution in [0.5, 0.6) is 0 Å². The van der Waals surface area contributed by atoms with E-state index in [1.54, 1.807) is 12.1 Å². The van der Waals surface area contributed by atoms with E-state index >= 15 is 0 Å². The lowest BCUT2D eigenvalue weighted by Crippen LogP contribution is -2.35. The van der Waals surface area contributed by atoms with Gasteiger partial charge in [0.15, 0.2) is 5.11 Å². The van der Waals surface area contributed by atoms with Crippen molar-refractivity contribution in [3.05, 3.63) is 66.0 Å². The van der Waals surface area contributed by atoms with Crippen LogP contribution < -0.4 is 5.32 Å². The average molecular weight is 313 g/mol. The molecule has 2 aromatic rings. The van der Waals surface area contributed by atoms with Crippen LogP contribution in [0.15, 0.2) is 54.6 Å². The summed E-state index contributed by atoms with van der Waals surface area (Å²) in [5, 5.41) is 12.4. The third-order valence-corrected chi connectivity index (χ3v) is 3.45. The molecule has 0 saturated heterocycles. The first-order valence-corrected chi connectivity index (χ1v) is 7.32. The molecule has 1 N–H and O–H groups in total. The van der Waals surface area contributed by atoms with Crippen molar-refractivity contribution >= 4 is 23.0 Å². The van der Waals surface area contributed by atoms with Gasteiger partial charge >= 0.3 is 0 Å². The Labute approximate surface area is 135 Å². The van der Waals surface area contributed by atoms with Crippen LogP contribution in [0.2, 0.25) is 0 Å². The number of rotatable bonds is 5. The summed E-state index contributed by atoms with van der Waals surface area (Å²) in [4.78, 5) is 1.93. The Morgan fingerprint density at radius 3 is 2.45 bits per heavy atom. The van der Waals surface area contributed by atoms with Gasteiger partial charge in [-0.2, -0.15) is 5.26 Å². The van der Waals surface area contributed by atoms with E-state index in [2.05, 4.69) is 11.4 Å². The molecule has 0 unspecified atom stereocenters. The number of benzene rings is 2. The monoisotopic (exact) mass is 313 g/mol. The van der Waals surface area contributed by atoms with Crippen molar-refractivity contribution in [2.75, 3.05) is 11.9 Å². The van der Waals surface area contributed by atoms with E-state index < -0.39 is 0 Å². The fourth-order valence-electron chi connectivity index (χ4n) is 1.98. The zero-order valence-electron chi connectivity index (χ0n) is 12.0. The van der Waals surface area contributed by atoms with Gasteiger partial charge in [0.05, 0.1) is 12.5 Å². The van der Waals surface area contributed by atoms with E-state index in [-0.39, 0.29) is 5.82 Å². The van der Waals surface area contributed by atoms with Crippen molar-refractivity contribution in [3.8, 4) is 6.07 Å². The maximum Gasteiger partial charge on any atom is 0.173 e. The highest BCUT2D eigenvalue weighted by Crippen LogP contribution is 2.12. The van der Waals surface area contributed by atoms with E-state index in [9.17, 15) is 4.39 Å². The Morgan fingerprint density at radius 1 is 1.14 bits per heavy atom. The summed E-state index contributed by atoms with van der Waals surface area (Å²) in [6.45, 7) is 1.16. The van der Waals surface area contributed by atoms with Gasteiger partial charge in [-0.05, 0) is 42.0 Å². The van der Waals surface area contributed by atoms with Crippen LogP contribution >= 0.6 is 12.2 Å². The second kappa shape index (κ2) is 8.11. The van der Waals surface area contributed by atoms with Gasteiger partial charge in [-0.1, -0.05) is 30.3 Å². The molecule has 0 aliphatic rings. The Hall–Kier alpha value is -2.45. The fraction of sp³-hybridized carbons (Fsp3) is 0.176. The zero-order valence-corrected chi connectivity index (χ0v) is 12.8. The van der Waals surface area contributed by atoms with Crippen LogP contribution in [0.1, 0.15) is 12.0 Å². The number of nitriles is 1.